The Bertz CT molecular complexity index is 201. The van der Waals surface area contributed by atoms with Crippen LogP contribution in [-0.4, -0.2) is 23.3 Å². The highest BCUT2D eigenvalue weighted by Gasteiger charge is 2.57. The van der Waals surface area contributed by atoms with Gasteiger partial charge in [0.15, 0.2) is 0 Å². The van der Waals surface area contributed by atoms with Crippen molar-refractivity contribution in [1.29, 1.82) is 0 Å². The van der Waals surface area contributed by atoms with Crippen LogP contribution in [0.1, 0.15) is 26.2 Å². The molecule has 2 unspecified atom stereocenters. The largest absolute Gasteiger partial charge is 0.481 e. The molecule has 3 nitrogen and oxygen atoms in total. The molecule has 1 N–H and O–H groups in total. The van der Waals surface area contributed by atoms with E-state index in [-0.39, 0.29) is 5.60 Å². The minimum Gasteiger partial charge on any atom is -0.481 e. The smallest absolute Gasteiger partial charge is 0.312 e. The summed E-state index contributed by atoms with van der Waals surface area (Å²) in [5.41, 5.74) is -0.660. The van der Waals surface area contributed by atoms with E-state index in [0.717, 1.165) is 12.8 Å². The van der Waals surface area contributed by atoms with Crippen LogP contribution < -0.4 is 0 Å². The number of aliphatic carboxylic acids is 1. The molecule has 3 heteroatoms. The third kappa shape index (κ3) is 0.805. The van der Waals surface area contributed by atoms with Crippen molar-refractivity contribution in [2.45, 2.75) is 31.8 Å². The molecule has 0 amide bonds. The average Bonchev–Trinajstić information content (AvgIpc) is 2.42. The van der Waals surface area contributed by atoms with Crippen molar-refractivity contribution in [2.75, 3.05) is 6.61 Å². The zero-order chi connectivity index (χ0) is 8.11. The Morgan fingerprint density at radius 2 is 2.27 bits per heavy atom. The molecule has 0 aromatic heterocycles. The van der Waals surface area contributed by atoms with E-state index in [1.165, 1.54) is 0 Å². The molecule has 0 aromatic carbocycles. The van der Waals surface area contributed by atoms with Crippen molar-refractivity contribution >= 4 is 5.97 Å². The number of fused-ring (bicyclic) bond motifs is 2. The van der Waals surface area contributed by atoms with Gasteiger partial charge in [-0.1, -0.05) is 0 Å². The van der Waals surface area contributed by atoms with E-state index in [9.17, 15) is 4.79 Å². The fourth-order valence-corrected chi connectivity index (χ4v) is 2.20. The Labute approximate surface area is 65.4 Å². The van der Waals surface area contributed by atoms with E-state index >= 15 is 0 Å². The molecule has 0 aromatic rings. The van der Waals surface area contributed by atoms with Crippen LogP contribution in [0.4, 0.5) is 0 Å². The summed E-state index contributed by atoms with van der Waals surface area (Å²) in [7, 11) is 0. The molecule has 2 bridgehead atoms. The maximum Gasteiger partial charge on any atom is 0.312 e. The van der Waals surface area contributed by atoms with Crippen LogP contribution in [0.25, 0.3) is 0 Å². The molecule has 2 atom stereocenters. The number of carboxylic acids is 1. The Balaban J connectivity index is 2.27. The number of hydrogen-bond acceptors (Lipinski definition) is 2. The molecule has 2 rings (SSSR count). The van der Waals surface area contributed by atoms with Gasteiger partial charge in [-0.05, 0) is 26.2 Å². The van der Waals surface area contributed by atoms with Crippen LogP contribution in [0.15, 0.2) is 0 Å². The molecule has 1 aliphatic heterocycles. The summed E-state index contributed by atoms with van der Waals surface area (Å²) in [6, 6.07) is 0. The fraction of sp³-hybridized carbons (Fsp3) is 0.875. The highest BCUT2D eigenvalue weighted by molar-refractivity contribution is 5.76. The van der Waals surface area contributed by atoms with Gasteiger partial charge in [-0.2, -0.15) is 0 Å². The Kier molecular flexibility index (Phi) is 1.15. The van der Waals surface area contributed by atoms with E-state index < -0.39 is 11.4 Å². The van der Waals surface area contributed by atoms with Gasteiger partial charge >= 0.3 is 5.97 Å². The van der Waals surface area contributed by atoms with Crippen LogP contribution in [0, 0.1) is 5.41 Å². The van der Waals surface area contributed by atoms with E-state index in [2.05, 4.69) is 0 Å². The first-order valence-electron chi connectivity index (χ1n) is 3.94. The SMILES string of the molecule is CC12CCC(C(=O)O)(CO1)C2. The van der Waals surface area contributed by atoms with Gasteiger partial charge < -0.3 is 9.84 Å². The van der Waals surface area contributed by atoms with Crippen molar-refractivity contribution in [2.24, 2.45) is 5.41 Å². The van der Waals surface area contributed by atoms with Crippen molar-refractivity contribution in [3.63, 3.8) is 0 Å². The maximum atomic E-state index is 10.8. The monoisotopic (exact) mass is 156 g/mol. The molecular formula is C8H12O3. The summed E-state index contributed by atoms with van der Waals surface area (Å²) in [4.78, 5) is 10.8. The first-order chi connectivity index (χ1) is 5.06. The van der Waals surface area contributed by atoms with Gasteiger partial charge in [-0.3, -0.25) is 4.79 Å². The second-order valence-electron chi connectivity index (χ2n) is 4.00. The lowest BCUT2D eigenvalue weighted by Crippen LogP contribution is -2.30. The van der Waals surface area contributed by atoms with Gasteiger partial charge in [0.05, 0.1) is 17.6 Å². The molecule has 0 radical (unpaired) electrons. The van der Waals surface area contributed by atoms with E-state index in [1.54, 1.807) is 0 Å². The third-order valence-corrected chi connectivity index (χ3v) is 3.00. The highest BCUT2D eigenvalue weighted by Crippen LogP contribution is 2.52. The van der Waals surface area contributed by atoms with E-state index in [4.69, 9.17) is 9.84 Å². The second-order valence-corrected chi connectivity index (χ2v) is 4.00. The van der Waals surface area contributed by atoms with Gasteiger partial charge in [-0.25, -0.2) is 0 Å². The summed E-state index contributed by atoms with van der Waals surface area (Å²) in [5.74, 6) is -0.682. The Morgan fingerprint density at radius 1 is 1.55 bits per heavy atom. The van der Waals surface area contributed by atoms with Crippen molar-refractivity contribution in [3.8, 4) is 0 Å². The molecule has 0 spiro atoms. The lowest BCUT2D eigenvalue weighted by molar-refractivity contribution is -0.150. The number of carbonyl (C=O) groups is 1. The summed E-state index contributed by atoms with van der Waals surface area (Å²) < 4.78 is 5.42. The second kappa shape index (κ2) is 1.78. The minimum atomic E-state index is -0.682. The minimum absolute atomic E-state index is 0.127. The predicted molar refractivity (Wildman–Crippen MR) is 38.3 cm³/mol. The molecule has 1 aliphatic carbocycles. The van der Waals surface area contributed by atoms with Gasteiger partial charge in [0.2, 0.25) is 0 Å². The topological polar surface area (TPSA) is 46.5 Å². The van der Waals surface area contributed by atoms with Gasteiger partial charge in [-0.15, -0.1) is 0 Å². The molecule has 1 heterocycles. The molecule has 1 saturated carbocycles. The number of hydrogen-bond donors (Lipinski definition) is 1. The zero-order valence-corrected chi connectivity index (χ0v) is 6.59. The summed E-state index contributed by atoms with van der Waals surface area (Å²) in [5, 5.41) is 8.92. The summed E-state index contributed by atoms with van der Waals surface area (Å²) >= 11 is 0. The zero-order valence-electron chi connectivity index (χ0n) is 6.59. The maximum absolute atomic E-state index is 10.8. The Morgan fingerprint density at radius 3 is 2.45 bits per heavy atom. The lowest BCUT2D eigenvalue weighted by Gasteiger charge is -2.22. The van der Waals surface area contributed by atoms with Crippen LogP contribution in [0.5, 0.6) is 0 Å². The van der Waals surface area contributed by atoms with Crippen molar-refractivity contribution in [3.05, 3.63) is 0 Å². The van der Waals surface area contributed by atoms with Gasteiger partial charge in [0.1, 0.15) is 0 Å². The van der Waals surface area contributed by atoms with Crippen molar-refractivity contribution < 1.29 is 14.6 Å². The lowest BCUT2D eigenvalue weighted by atomic mass is 9.88. The fourth-order valence-electron chi connectivity index (χ4n) is 2.20. The first kappa shape index (κ1) is 7.10. The third-order valence-electron chi connectivity index (χ3n) is 3.00. The van der Waals surface area contributed by atoms with Crippen LogP contribution in [-0.2, 0) is 9.53 Å². The van der Waals surface area contributed by atoms with E-state index in [0.29, 0.717) is 13.0 Å². The molecule has 11 heavy (non-hydrogen) atoms. The van der Waals surface area contributed by atoms with Crippen LogP contribution in [0.3, 0.4) is 0 Å². The number of carboxylic acid groups (broad SMARTS) is 1. The van der Waals surface area contributed by atoms with Crippen LogP contribution >= 0.6 is 0 Å². The predicted octanol–water partition coefficient (Wildman–Crippen LogP) is 1.03. The van der Waals surface area contributed by atoms with E-state index in [1.807, 2.05) is 6.92 Å². The normalized spacial score (nSPS) is 48.1. The molecular weight excluding hydrogens is 144 g/mol. The standard InChI is InChI=1S/C8H12O3/c1-7-2-3-8(4-7,5-11-7)6(9)10/h2-5H2,1H3,(H,9,10). The Hall–Kier alpha value is -0.570. The van der Waals surface area contributed by atoms with Crippen molar-refractivity contribution in [1.82, 2.24) is 0 Å². The molecule has 1 saturated heterocycles. The number of ether oxygens (including phenoxy) is 1. The highest BCUT2D eigenvalue weighted by atomic mass is 16.5. The molecule has 62 valence electrons. The number of rotatable bonds is 1. The summed E-state index contributed by atoms with van der Waals surface area (Å²) in [6.07, 6.45) is 2.40. The first-order valence-corrected chi connectivity index (χ1v) is 3.94. The van der Waals surface area contributed by atoms with Crippen LogP contribution in [0.2, 0.25) is 0 Å². The summed E-state index contributed by atoms with van der Waals surface area (Å²) in [6.45, 7) is 2.42. The molecule has 2 aliphatic rings. The van der Waals surface area contributed by atoms with Gasteiger partial charge in [0, 0.05) is 0 Å². The van der Waals surface area contributed by atoms with Gasteiger partial charge in [0.25, 0.3) is 0 Å². The quantitative estimate of drug-likeness (QED) is 0.616. The molecule has 2 fully saturated rings. The average molecular weight is 156 g/mol.